The fourth-order valence-electron chi connectivity index (χ4n) is 2.77. The van der Waals surface area contributed by atoms with Crippen molar-refractivity contribution in [1.29, 1.82) is 0 Å². The lowest BCUT2D eigenvalue weighted by Crippen LogP contribution is -2.31. The minimum atomic E-state index is 0.295. The summed E-state index contributed by atoms with van der Waals surface area (Å²) in [5.41, 5.74) is 0. The number of rotatable bonds is 5. The second-order valence-electron chi connectivity index (χ2n) is 5.65. The van der Waals surface area contributed by atoms with Crippen LogP contribution < -0.4 is 5.32 Å². The van der Waals surface area contributed by atoms with Crippen molar-refractivity contribution in [2.45, 2.75) is 65.6 Å². The van der Waals surface area contributed by atoms with E-state index >= 15 is 0 Å². The van der Waals surface area contributed by atoms with E-state index in [9.17, 15) is 0 Å². The molecule has 17 heavy (non-hydrogen) atoms. The van der Waals surface area contributed by atoms with Gasteiger partial charge in [0.25, 0.3) is 0 Å². The second kappa shape index (κ2) is 5.17. The monoisotopic (exact) mass is 236 g/mol. The summed E-state index contributed by atoms with van der Waals surface area (Å²) in [6.07, 6.45) is 3.50. The van der Waals surface area contributed by atoms with Crippen LogP contribution in [0, 0.1) is 5.92 Å². The van der Waals surface area contributed by atoms with Gasteiger partial charge in [0.05, 0.1) is 6.04 Å². The van der Waals surface area contributed by atoms with Crippen LogP contribution in [0.25, 0.3) is 0 Å². The third kappa shape index (κ3) is 2.86. The van der Waals surface area contributed by atoms with Crippen LogP contribution in [0.3, 0.4) is 0 Å². The Morgan fingerprint density at radius 2 is 2.00 bits per heavy atom. The van der Waals surface area contributed by atoms with Crippen molar-refractivity contribution in [3.8, 4) is 0 Å². The Hall–Kier alpha value is -0.900. The van der Waals surface area contributed by atoms with Crippen LogP contribution in [-0.2, 0) is 13.0 Å². The number of fused-ring (bicyclic) bond motifs is 1. The molecule has 0 aliphatic carbocycles. The highest BCUT2D eigenvalue weighted by Crippen LogP contribution is 2.19. The summed E-state index contributed by atoms with van der Waals surface area (Å²) in [5.74, 6) is 2.99. The summed E-state index contributed by atoms with van der Waals surface area (Å²) in [7, 11) is 0. The van der Waals surface area contributed by atoms with Crippen LogP contribution in [0.5, 0.6) is 0 Å². The summed E-state index contributed by atoms with van der Waals surface area (Å²) in [5, 5.41) is 12.2. The quantitative estimate of drug-likeness (QED) is 0.853. The molecule has 1 N–H and O–H groups in total. The number of nitrogens with zero attached hydrogens (tertiary/aromatic N) is 3. The van der Waals surface area contributed by atoms with Crippen molar-refractivity contribution in [1.82, 2.24) is 20.1 Å². The van der Waals surface area contributed by atoms with Gasteiger partial charge in [-0.25, -0.2) is 0 Å². The number of hydrogen-bond donors (Lipinski definition) is 1. The highest BCUT2D eigenvalue weighted by molar-refractivity contribution is 5.04. The minimum Gasteiger partial charge on any atom is -0.314 e. The van der Waals surface area contributed by atoms with Gasteiger partial charge in [0, 0.05) is 19.0 Å². The molecule has 1 aromatic heterocycles. The molecule has 96 valence electrons. The van der Waals surface area contributed by atoms with Crippen LogP contribution in [0.4, 0.5) is 0 Å². The fraction of sp³-hybridized carbons (Fsp3) is 0.846. The highest BCUT2D eigenvalue weighted by atomic mass is 15.3. The first kappa shape index (κ1) is 12.6. The van der Waals surface area contributed by atoms with E-state index in [2.05, 4.69) is 47.8 Å². The lowest BCUT2D eigenvalue weighted by Gasteiger charge is -2.21. The molecule has 2 heterocycles. The first-order valence-corrected chi connectivity index (χ1v) is 6.76. The van der Waals surface area contributed by atoms with Gasteiger partial charge in [-0.2, -0.15) is 0 Å². The first-order chi connectivity index (χ1) is 8.08. The molecule has 1 aliphatic rings. The molecule has 0 aromatic carbocycles. The molecular formula is C13H24N4. The third-order valence-electron chi connectivity index (χ3n) is 3.38. The van der Waals surface area contributed by atoms with Crippen molar-refractivity contribution < 1.29 is 0 Å². The summed E-state index contributed by atoms with van der Waals surface area (Å²) >= 11 is 0. The molecule has 2 rings (SSSR count). The lowest BCUT2D eigenvalue weighted by atomic mass is 10.0. The second-order valence-corrected chi connectivity index (χ2v) is 5.65. The normalized spacial score (nSPS) is 18.4. The van der Waals surface area contributed by atoms with Gasteiger partial charge in [0.15, 0.2) is 0 Å². The summed E-state index contributed by atoms with van der Waals surface area (Å²) in [6.45, 7) is 10.0. The molecule has 1 aliphatic heterocycles. The molecular weight excluding hydrogens is 212 g/mol. The van der Waals surface area contributed by atoms with Crippen molar-refractivity contribution in [3.05, 3.63) is 11.6 Å². The first-order valence-electron chi connectivity index (χ1n) is 6.76. The lowest BCUT2D eigenvalue weighted by molar-refractivity contribution is 0.392. The maximum atomic E-state index is 4.32. The number of aryl methyl sites for hydroxylation is 1. The van der Waals surface area contributed by atoms with Crippen molar-refractivity contribution in [2.24, 2.45) is 5.92 Å². The van der Waals surface area contributed by atoms with Crippen molar-refractivity contribution >= 4 is 0 Å². The fourth-order valence-corrected chi connectivity index (χ4v) is 2.77. The maximum absolute atomic E-state index is 4.32. The maximum Gasteiger partial charge on any atom is 0.149 e. The zero-order valence-corrected chi connectivity index (χ0v) is 11.4. The zero-order valence-electron chi connectivity index (χ0n) is 11.4. The molecule has 2 atom stereocenters. The highest BCUT2D eigenvalue weighted by Gasteiger charge is 2.22. The van der Waals surface area contributed by atoms with E-state index in [1.165, 1.54) is 12.8 Å². The van der Waals surface area contributed by atoms with Crippen LogP contribution in [0.2, 0.25) is 0 Å². The SMILES string of the molecule is CC(C)CC(C)NC(C)c1nnc2n1CCC2. The molecule has 0 bridgehead atoms. The Bertz CT molecular complexity index is 369. The van der Waals surface area contributed by atoms with Gasteiger partial charge in [-0.3, -0.25) is 0 Å². The third-order valence-corrected chi connectivity index (χ3v) is 3.38. The van der Waals surface area contributed by atoms with Gasteiger partial charge in [-0.1, -0.05) is 13.8 Å². The molecule has 4 heteroatoms. The molecule has 1 aromatic rings. The van der Waals surface area contributed by atoms with E-state index in [4.69, 9.17) is 0 Å². The Labute approximate surface area is 104 Å². The average Bonchev–Trinajstić information content (AvgIpc) is 2.74. The zero-order chi connectivity index (χ0) is 12.4. The number of hydrogen-bond acceptors (Lipinski definition) is 3. The van der Waals surface area contributed by atoms with Gasteiger partial charge in [0.2, 0.25) is 0 Å². The summed E-state index contributed by atoms with van der Waals surface area (Å²) < 4.78 is 2.28. The Balaban J connectivity index is 1.97. The van der Waals surface area contributed by atoms with Crippen molar-refractivity contribution in [2.75, 3.05) is 0 Å². The van der Waals surface area contributed by atoms with Crippen molar-refractivity contribution in [3.63, 3.8) is 0 Å². The Morgan fingerprint density at radius 1 is 1.24 bits per heavy atom. The van der Waals surface area contributed by atoms with E-state index in [1.54, 1.807) is 0 Å². The Kier molecular flexibility index (Phi) is 3.82. The largest absolute Gasteiger partial charge is 0.314 e. The molecule has 0 amide bonds. The van der Waals surface area contributed by atoms with Crippen LogP contribution in [0.15, 0.2) is 0 Å². The standard InChI is InChI=1S/C13H24N4/c1-9(2)8-10(3)14-11(4)13-16-15-12-6-5-7-17(12)13/h9-11,14H,5-8H2,1-4H3. The van der Waals surface area contributed by atoms with Gasteiger partial charge >= 0.3 is 0 Å². The number of aromatic nitrogens is 3. The summed E-state index contributed by atoms with van der Waals surface area (Å²) in [6, 6.07) is 0.822. The van der Waals surface area contributed by atoms with Crippen LogP contribution in [-0.4, -0.2) is 20.8 Å². The molecule has 0 radical (unpaired) electrons. The molecule has 2 unspecified atom stereocenters. The van der Waals surface area contributed by atoms with Crippen LogP contribution in [0.1, 0.15) is 58.2 Å². The van der Waals surface area contributed by atoms with E-state index in [1.807, 2.05) is 0 Å². The number of nitrogens with one attached hydrogen (secondary N) is 1. The van der Waals surface area contributed by atoms with Gasteiger partial charge in [-0.15, -0.1) is 10.2 Å². The van der Waals surface area contributed by atoms with Crippen LogP contribution >= 0.6 is 0 Å². The van der Waals surface area contributed by atoms with Gasteiger partial charge in [-0.05, 0) is 32.6 Å². The molecule has 4 nitrogen and oxygen atoms in total. The molecule has 0 saturated heterocycles. The minimum absolute atomic E-state index is 0.295. The molecule has 0 spiro atoms. The van der Waals surface area contributed by atoms with E-state index in [0.717, 1.165) is 30.5 Å². The van der Waals surface area contributed by atoms with E-state index < -0.39 is 0 Å². The predicted octanol–water partition coefficient (Wildman–Crippen LogP) is 2.31. The van der Waals surface area contributed by atoms with E-state index in [0.29, 0.717) is 12.1 Å². The van der Waals surface area contributed by atoms with Gasteiger partial charge in [0.1, 0.15) is 11.6 Å². The smallest absolute Gasteiger partial charge is 0.149 e. The molecule has 0 fully saturated rings. The van der Waals surface area contributed by atoms with E-state index in [-0.39, 0.29) is 0 Å². The topological polar surface area (TPSA) is 42.7 Å². The average molecular weight is 236 g/mol. The Morgan fingerprint density at radius 3 is 2.71 bits per heavy atom. The predicted molar refractivity (Wildman–Crippen MR) is 68.8 cm³/mol. The molecule has 0 saturated carbocycles. The van der Waals surface area contributed by atoms with Gasteiger partial charge < -0.3 is 9.88 Å². The summed E-state index contributed by atoms with van der Waals surface area (Å²) in [4.78, 5) is 0.